The molecule has 0 fully saturated rings. The van der Waals surface area contributed by atoms with Crippen LogP contribution in [-0.4, -0.2) is 27.0 Å². The number of ether oxygens (including phenoxy) is 1. The molecule has 2 rings (SSSR count). The number of nitrogens with one attached hydrogen (secondary N) is 1. The summed E-state index contributed by atoms with van der Waals surface area (Å²) in [5.74, 6) is -0.370. The van der Waals surface area contributed by atoms with Crippen LogP contribution in [0.1, 0.15) is 13.3 Å². The van der Waals surface area contributed by atoms with Crippen molar-refractivity contribution in [1.82, 2.24) is 15.0 Å². The van der Waals surface area contributed by atoms with Gasteiger partial charge in [0.25, 0.3) is 5.91 Å². The second-order valence-corrected chi connectivity index (χ2v) is 4.18. The normalized spacial score (nSPS) is 11.9. The zero-order chi connectivity index (χ0) is 14.5. The summed E-state index contributed by atoms with van der Waals surface area (Å²) in [6, 6.07) is 5.97. The third-order valence-electron chi connectivity index (χ3n) is 2.73. The first-order valence-electron chi connectivity index (χ1n) is 6.18. The Bertz CT molecular complexity index is 600. The highest BCUT2D eigenvalue weighted by Crippen LogP contribution is 2.18. The smallest absolute Gasteiger partial charge is 0.266 e. The molecule has 0 saturated carbocycles. The lowest BCUT2D eigenvalue weighted by atomic mass is 10.2. The van der Waals surface area contributed by atoms with Gasteiger partial charge in [0.15, 0.2) is 23.5 Å². The summed E-state index contributed by atoms with van der Waals surface area (Å²) in [5.41, 5.74) is 0. The van der Waals surface area contributed by atoms with Gasteiger partial charge in [0, 0.05) is 7.05 Å². The van der Waals surface area contributed by atoms with E-state index in [0.717, 1.165) is 0 Å². The number of aryl methyl sites for hydroxylation is 1. The summed E-state index contributed by atoms with van der Waals surface area (Å²) in [6.07, 6.45) is 1.04. The van der Waals surface area contributed by atoms with Crippen LogP contribution >= 0.6 is 0 Å². The lowest BCUT2D eigenvalue weighted by molar-refractivity contribution is -0.123. The zero-order valence-corrected chi connectivity index (χ0v) is 11.2. The molecule has 106 valence electrons. The molecule has 1 aromatic heterocycles. The number of carbonyl (C=O) groups excluding carboxylic acids is 1. The van der Waals surface area contributed by atoms with Crippen LogP contribution in [-0.2, 0) is 11.8 Å². The van der Waals surface area contributed by atoms with Crippen LogP contribution in [0.15, 0.2) is 30.5 Å². The summed E-state index contributed by atoms with van der Waals surface area (Å²) in [7, 11) is 1.65. The molecule has 20 heavy (non-hydrogen) atoms. The molecule has 0 saturated heterocycles. The summed E-state index contributed by atoms with van der Waals surface area (Å²) in [4.78, 5) is 12.1. The van der Waals surface area contributed by atoms with Crippen LogP contribution in [0, 0.1) is 5.82 Å². The van der Waals surface area contributed by atoms with Crippen molar-refractivity contribution < 1.29 is 13.9 Å². The number of carbonyl (C=O) groups is 1. The van der Waals surface area contributed by atoms with Crippen molar-refractivity contribution in [2.24, 2.45) is 7.05 Å². The number of hydrogen-bond acceptors (Lipinski definition) is 4. The Balaban J connectivity index is 2.07. The maximum atomic E-state index is 13.5. The average Bonchev–Trinajstić information content (AvgIpc) is 2.83. The molecule has 1 unspecified atom stereocenters. The lowest BCUT2D eigenvalue weighted by Gasteiger charge is -2.17. The summed E-state index contributed by atoms with van der Waals surface area (Å²) >= 11 is 0. The van der Waals surface area contributed by atoms with Gasteiger partial charge >= 0.3 is 0 Å². The molecule has 0 radical (unpaired) electrons. The Hall–Kier alpha value is -2.44. The SMILES string of the molecule is CCC(Oc1ccccc1F)C(=O)Nc1cnnn1C. The van der Waals surface area contributed by atoms with Gasteiger partial charge in [-0.3, -0.25) is 4.79 Å². The number of rotatable bonds is 5. The fourth-order valence-electron chi connectivity index (χ4n) is 1.63. The molecule has 0 spiro atoms. The molecule has 0 bridgehead atoms. The molecule has 0 aliphatic rings. The summed E-state index contributed by atoms with van der Waals surface area (Å²) < 4.78 is 20.3. The van der Waals surface area contributed by atoms with Crippen LogP contribution in [0.5, 0.6) is 5.75 Å². The third kappa shape index (κ3) is 3.11. The molecular formula is C13H15FN4O2. The van der Waals surface area contributed by atoms with E-state index in [4.69, 9.17) is 4.74 Å². The highest BCUT2D eigenvalue weighted by Gasteiger charge is 2.20. The van der Waals surface area contributed by atoms with E-state index in [9.17, 15) is 9.18 Å². The van der Waals surface area contributed by atoms with Crippen LogP contribution in [0.2, 0.25) is 0 Å². The quantitative estimate of drug-likeness (QED) is 0.904. The number of para-hydroxylation sites is 1. The highest BCUT2D eigenvalue weighted by molar-refractivity contribution is 5.93. The van der Waals surface area contributed by atoms with Crippen molar-refractivity contribution in [2.45, 2.75) is 19.4 Å². The first-order valence-corrected chi connectivity index (χ1v) is 6.18. The van der Waals surface area contributed by atoms with Gasteiger partial charge in [-0.1, -0.05) is 24.3 Å². The molecule has 0 aliphatic carbocycles. The second-order valence-electron chi connectivity index (χ2n) is 4.18. The Morgan fingerprint density at radius 3 is 2.85 bits per heavy atom. The minimum atomic E-state index is -0.790. The molecule has 7 heteroatoms. The predicted molar refractivity (Wildman–Crippen MR) is 70.7 cm³/mol. The van der Waals surface area contributed by atoms with Gasteiger partial charge in [-0.05, 0) is 18.6 Å². The van der Waals surface area contributed by atoms with E-state index in [2.05, 4.69) is 15.6 Å². The number of nitrogens with zero attached hydrogens (tertiary/aromatic N) is 3. The molecular weight excluding hydrogens is 263 g/mol. The minimum absolute atomic E-state index is 0.0534. The Morgan fingerprint density at radius 1 is 1.50 bits per heavy atom. The zero-order valence-electron chi connectivity index (χ0n) is 11.2. The predicted octanol–water partition coefficient (Wildman–Crippen LogP) is 1.75. The van der Waals surface area contributed by atoms with Crippen LogP contribution in [0.25, 0.3) is 0 Å². The van der Waals surface area contributed by atoms with Gasteiger partial charge in [0.2, 0.25) is 0 Å². The molecule has 6 nitrogen and oxygen atoms in total. The van der Waals surface area contributed by atoms with Crippen LogP contribution < -0.4 is 10.1 Å². The summed E-state index contributed by atoms with van der Waals surface area (Å²) in [5, 5.41) is 9.99. The number of hydrogen-bond donors (Lipinski definition) is 1. The van der Waals surface area contributed by atoms with Gasteiger partial charge in [-0.15, -0.1) is 5.10 Å². The number of anilines is 1. The standard InChI is InChI=1S/C13H15FN4O2/c1-3-10(20-11-7-5-4-6-9(11)14)13(19)16-12-8-15-17-18(12)2/h4-8,10H,3H2,1-2H3,(H,16,19). The number of halogens is 1. The van der Waals surface area contributed by atoms with Crippen molar-refractivity contribution in [3.63, 3.8) is 0 Å². The van der Waals surface area contributed by atoms with Crippen molar-refractivity contribution in [3.05, 3.63) is 36.3 Å². The van der Waals surface area contributed by atoms with Crippen LogP contribution in [0.3, 0.4) is 0 Å². The molecule has 1 aromatic carbocycles. The fraction of sp³-hybridized carbons (Fsp3) is 0.308. The van der Waals surface area contributed by atoms with Gasteiger partial charge in [0.1, 0.15) is 0 Å². The lowest BCUT2D eigenvalue weighted by Crippen LogP contribution is -2.33. The monoisotopic (exact) mass is 278 g/mol. The average molecular weight is 278 g/mol. The van der Waals surface area contributed by atoms with Crippen molar-refractivity contribution >= 4 is 11.7 Å². The fourth-order valence-corrected chi connectivity index (χ4v) is 1.63. The Kier molecular flexibility index (Phi) is 4.29. The summed E-state index contributed by atoms with van der Waals surface area (Å²) in [6.45, 7) is 1.78. The topological polar surface area (TPSA) is 69.0 Å². The molecule has 1 N–H and O–H groups in total. The van der Waals surface area contributed by atoms with Crippen molar-refractivity contribution in [1.29, 1.82) is 0 Å². The van der Waals surface area contributed by atoms with E-state index in [1.807, 2.05) is 0 Å². The van der Waals surface area contributed by atoms with Crippen molar-refractivity contribution in [3.8, 4) is 5.75 Å². The largest absolute Gasteiger partial charge is 0.478 e. The van der Waals surface area contributed by atoms with E-state index < -0.39 is 11.9 Å². The van der Waals surface area contributed by atoms with Gasteiger partial charge in [-0.2, -0.15) is 0 Å². The second kappa shape index (κ2) is 6.14. The maximum absolute atomic E-state index is 13.5. The van der Waals surface area contributed by atoms with E-state index >= 15 is 0 Å². The van der Waals surface area contributed by atoms with E-state index in [1.165, 1.54) is 23.0 Å². The molecule has 0 aliphatic heterocycles. The number of benzene rings is 1. The Morgan fingerprint density at radius 2 is 2.25 bits per heavy atom. The van der Waals surface area contributed by atoms with Crippen molar-refractivity contribution in [2.75, 3.05) is 5.32 Å². The van der Waals surface area contributed by atoms with Crippen LogP contribution in [0.4, 0.5) is 10.2 Å². The molecule has 2 aromatic rings. The number of amides is 1. The minimum Gasteiger partial charge on any atom is -0.478 e. The van der Waals surface area contributed by atoms with Gasteiger partial charge < -0.3 is 10.1 Å². The Labute approximate surface area is 115 Å². The molecule has 1 heterocycles. The van der Waals surface area contributed by atoms with E-state index in [-0.39, 0.29) is 11.7 Å². The van der Waals surface area contributed by atoms with Gasteiger partial charge in [-0.25, -0.2) is 9.07 Å². The molecule has 1 atom stereocenters. The van der Waals surface area contributed by atoms with Gasteiger partial charge in [0.05, 0.1) is 6.20 Å². The first kappa shape index (κ1) is 14.0. The maximum Gasteiger partial charge on any atom is 0.266 e. The highest BCUT2D eigenvalue weighted by atomic mass is 19.1. The third-order valence-corrected chi connectivity index (χ3v) is 2.73. The van der Waals surface area contributed by atoms with E-state index in [1.54, 1.807) is 26.1 Å². The van der Waals surface area contributed by atoms with E-state index in [0.29, 0.717) is 12.2 Å². The molecule has 1 amide bonds. The number of aromatic nitrogens is 3. The first-order chi connectivity index (χ1) is 9.61.